The van der Waals surface area contributed by atoms with Crippen LogP contribution in [-0.2, 0) is 4.79 Å². The Morgan fingerprint density at radius 3 is 2.85 bits per heavy atom. The van der Waals surface area contributed by atoms with Crippen LogP contribution in [0.3, 0.4) is 0 Å². The molecule has 0 spiro atoms. The maximum absolute atomic E-state index is 12.2. The molecular formula is C14H16N4OS. The summed E-state index contributed by atoms with van der Waals surface area (Å²) in [5.74, 6) is 2.84. The van der Waals surface area contributed by atoms with Crippen LogP contribution in [0.2, 0.25) is 0 Å². The van der Waals surface area contributed by atoms with Crippen molar-refractivity contribution in [2.24, 2.45) is 5.92 Å². The molecule has 2 heterocycles. The van der Waals surface area contributed by atoms with E-state index < -0.39 is 0 Å². The van der Waals surface area contributed by atoms with E-state index in [4.69, 9.17) is 5.73 Å². The van der Waals surface area contributed by atoms with Gasteiger partial charge in [-0.2, -0.15) is 16.9 Å². The highest BCUT2D eigenvalue weighted by molar-refractivity contribution is 7.99. The van der Waals surface area contributed by atoms with Crippen LogP contribution in [-0.4, -0.2) is 27.2 Å². The van der Waals surface area contributed by atoms with Gasteiger partial charge in [-0.05, 0) is 36.4 Å². The predicted molar refractivity (Wildman–Crippen MR) is 82.0 cm³/mol. The first kappa shape index (κ1) is 13.1. The first-order chi connectivity index (χ1) is 9.74. The van der Waals surface area contributed by atoms with E-state index in [0.29, 0.717) is 11.5 Å². The number of nitrogens with two attached hydrogens (primary N) is 1. The lowest BCUT2D eigenvalue weighted by Gasteiger charge is -2.12. The highest BCUT2D eigenvalue weighted by atomic mass is 32.2. The molecule has 1 fully saturated rings. The number of benzene rings is 1. The summed E-state index contributed by atoms with van der Waals surface area (Å²) >= 11 is 1.83. The summed E-state index contributed by atoms with van der Waals surface area (Å²) in [6, 6.07) is 9.19. The average molecular weight is 288 g/mol. The van der Waals surface area contributed by atoms with E-state index >= 15 is 0 Å². The minimum atomic E-state index is 0.0761. The van der Waals surface area contributed by atoms with Crippen molar-refractivity contribution in [3.05, 3.63) is 36.5 Å². The number of thioether (sulfide) groups is 1. The zero-order chi connectivity index (χ0) is 13.9. The van der Waals surface area contributed by atoms with E-state index in [1.807, 2.05) is 36.0 Å². The molecule has 1 unspecified atom stereocenters. The first-order valence-electron chi connectivity index (χ1n) is 6.52. The molecule has 6 heteroatoms. The summed E-state index contributed by atoms with van der Waals surface area (Å²) in [5.41, 5.74) is 7.26. The van der Waals surface area contributed by atoms with Crippen LogP contribution >= 0.6 is 11.8 Å². The summed E-state index contributed by atoms with van der Waals surface area (Å²) < 4.78 is 1.71. The Balaban J connectivity index is 1.79. The number of nitrogens with one attached hydrogen (secondary N) is 1. The molecule has 2 aromatic rings. The van der Waals surface area contributed by atoms with Gasteiger partial charge in [0.2, 0.25) is 5.91 Å². The zero-order valence-electron chi connectivity index (χ0n) is 11.0. The number of anilines is 2. The minimum absolute atomic E-state index is 0.0761. The minimum Gasteiger partial charge on any atom is -0.399 e. The van der Waals surface area contributed by atoms with E-state index in [2.05, 4.69) is 10.4 Å². The molecule has 3 rings (SSSR count). The van der Waals surface area contributed by atoms with E-state index in [1.165, 1.54) is 0 Å². The summed E-state index contributed by atoms with van der Waals surface area (Å²) in [6.45, 7) is 0. The third-order valence-corrected chi connectivity index (χ3v) is 4.49. The van der Waals surface area contributed by atoms with Crippen molar-refractivity contribution in [3.8, 4) is 5.69 Å². The summed E-state index contributed by atoms with van der Waals surface area (Å²) in [4.78, 5) is 12.2. The molecule has 3 N–H and O–H groups in total. The fourth-order valence-corrected chi connectivity index (χ4v) is 3.41. The van der Waals surface area contributed by atoms with Gasteiger partial charge in [0.05, 0.1) is 11.9 Å². The van der Waals surface area contributed by atoms with Crippen LogP contribution in [0.4, 0.5) is 11.5 Å². The van der Waals surface area contributed by atoms with Gasteiger partial charge in [0.25, 0.3) is 0 Å². The molecular weight excluding hydrogens is 272 g/mol. The lowest BCUT2D eigenvalue weighted by atomic mass is 10.1. The predicted octanol–water partition coefficient (Wildman–Crippen LogP) is 2.15. The average Bonchev–Trinajstić information content (AvgIpc) is 3.10. The third-order valence-electron chi connectivity index (χ3n) is 3.33. The quantitative estimate of drug-likeness (QED) is 0.849. The second kappa shape index (κ2) is 5.58. The number of rotatable bonds is 3. The van der Waals surface area contributed by atoms with Crippen molar-refractivity contribution in [1.82, 2.24) is 9.78 Å². The van der Waals surface area contributed by atoms with Gasteiger partial charge in [-0.25, -0.2) is 4.68 Å². The first-order valence-corrected chi connectivity index (χ1v) is 7.68. The number of hydrogen-bond donors (Lipinski definition) is 2. The second-order valence-corrected chi connectivity index (χ2v) is 5.92. The Morgan fingerprint density at radius 2 is 2.15 bits per heavy atom. The smallest absolute Gasteiger partial charge is 0.229 e. The monoisotopic (exact) mass is 288 g/mol. The zero-order valence-corrected chi connectivity index (χ0v) is 11.8. The van der Waals surface area contributed by atoms with E-state index in [-0.39, 0.29) is 11.8 Å². The molecule has 1 amide bonds. The molecule has 1 aromatic heterocycles. The lowest BCUT2D eigenvalue weighted by molar-refractivity contribution is -0.119. The standard InChI is InChI=1S/C14H16N4OS/c15-11-1-3-12(4-2-11)18-13(5-7-16-18)17-14(19)10-6-8-20-9-10/h1-5,7,10H,6,8-9,15H2,(H,17,19). The molecule has 1 aliphatic heterocycles. The molecule has 104 valence electrons. The Labute approximate surface area is 121 Å². The van der Waals surface area contributed by atoms with Crippen LogP contribution < -0.4 is 11.1 Å². The van der Waals surface area contributed by atoms with E-state index in [0.717, 1.165) is 23.6 Å². The van der Waals surface area contributed by atoms with Crippen molar-refractivity contribution >= 4 is 29.2 Å². The van der Waals surface area contributed by atoms with Gasteiger partial charge in [-0.1, -0.05) is 0 Å². The van der Waals surface area contributed by atoms with Crippen LogP contribution in [0.15, 0.2) is 36.5 Å². The van der Waals surface area contributed by atoms with Crippen LogP contribution in [0.25, 0.3) is 5.69 Å². The largest absolute Gasteiger partial charge is 0.399 e. The van der Waals surface area contributed by atoms with Crippen LogP contribution in [0.1, 0.15) is 6.42 Å². The normalized spacial score (nSPS) is 18.1. The molecule has 0 aliphatic carbocycles. The van der Waals surface area contributed by atoms with Crippen molar-refractivity contribution < 1.29 is 4.79 Å². The van der Waals surface area contributed by atoms with Gasteiger partial charge in [-0.3, -0.25) is 4.79 Å². The fourth-order valence-electron chi connectivity index (χ4n) is 2.19. The van der Waals surface area contributed by atoms with Crippen molar-refractivity contribution in [2.45, 2.75) is 6.42 Å². The molecule has 1 saturated heterocycles. The molecule has 1 atom stereocenters. The maximum Gasteiger partial charge on any atom is 0.229 e. The molecule has 0 radical (unpaired) electrons. The molecule has 5 nitrogen and oxygen atoms in total. The number of hydrogen-bond acceptors (Lipinski definition) is 4. The molecule has 1 aromatic carbocycles. The Bertz CT molecular complexity index is 602. The van der Waals surface area contributed by atoms with Crippen LogP contribution in [0, 0.1) is 5.92 Å². The number of carbonyl (C=O) groups excluding carboxylic acids is 1. The molecule has 1 aliphatic rings. The summed E-state index contributed by atoms with van der Waals surface area (Å²) in [5, 5.41) is 7.21. The number of aromatic nitrogens is 2. The van der Waals surface area contributed by atoms with E-state index in [1.54, 1.807) is 16.9 Å². The Kier molecular flexibility index (Phi) is 3.64. The van der Waals surface area contributed by atoms with Gasteiger partial charge in [0.1, 0.15) is 5.82 Å². The van der Waals surface area contributed by atoms with Gasteiger partial charge in [-0.15, -0.1) is 0 Å². The van der Waals surface area contributed by atoms with Gasteiger partial charge in [0, 0.05) is 23.4 Å². The van der Waals surface area contributed by atoms with Crippen molar-refractivity contribution in [3.63, 3.8) is 0 Å². The topological polar surface area (TPSA) is 72.9 Å². The van der Waals surface area contributed by atoms with Crippen molar-refractivity contribution in [2.75, 3.05) is 22.6 Å². The SMILES string of the molecule is Nc1ccc(-n2nccc2NC(=O)C2CCSC2)cc1. The third kappa shape index (κ3) is 2.65. The lowest BCUT2D eigenvalue weighted by Crippen LogP contribution is -2.23. The van der Waals surface area contributed by atoms with Gasteiger partial charge >= 0.3 is 0 Å². The summed E-state index contributed by atoms with van der Waals surface area (Å²) in [7, 11) is 0. The van der Waals surface area contributed by atoms with Crippen molar-refractivity contribution in [1.29, 1.82) is 0 Å². The molecule has 20 heavy (non-hydrogen) atoms. The number of nitrogens with zero attached hydrogens (tertiary/aromatic N) is 2. The second-order valence-electron chi connectivity index (χ2n) is 4.77. The van der Waals surface area contributed by atoms with Crippen LogP contribution in [0.5, 0.6) is 0 Å². The molecule has 0 bridgehead atoms. The highest BCUT2D eigenvalue weighted by Crippen LogP contribution is 2.25. The van der Waals surface area contributed by atoms with Gasteiger partial charge < -0.3 is 11.1 Å². The molecule has 0 saturated carbocycles. The van der Waals surface area contributed by atoms with E-state index in [9.17, 15) is 4.79 Å². The fraction of sp³-hybridized carbons (Fsp3) is 0.286. The number of carbonyl (C=O) groups is 1. The highest BCUT2D eigenvalue weighted by Gasteiger charge is 2.24. The summed E-state index contributed by atoms with van der Waals surface area (Å²) in [6.07, 6.45) is 2.63. The van der Waals surface area contributed by atoms with Gasteiger partial charge in [0.15, 0.2) is 0 Å². The Morgan fingerprint density at radius 1 is 1.35 bits per heavy atom. The number of amides is 1. The number of nitrogen functional groups attached to an aromatic ring is 1. The Hall–Kier alpha value is -1.95. The maximum atomic E-state index is 12.2.